The van der Waals surface area contributed by atoms with E-state index in [9.17, 15) is 9.59 Å². The van der Waals surface area contributed by atoms with Crippen molar-refractivity contribution in [2.45, 2.75) is 0 Å². The maximum Gasteiger partial charge on any atom is 0.353 e. The number of ether oxygens (including phenoxy) is 1. The molecule has 13 heavy (non-hydrogen) atoms. The molecule has 74 valence electrons. The summed E-state index contributed by atoms with van der Waals surface area (Å²) in [7, 11) is -0.230. The van der Waals surface area contributed by atoms with Gasteiger partial charge in [0.25, 0.3) is 0 Å². The largest absolute Gasteiger partial charge is 0.478 e. The van der Waals surface area contributed by atoms with Gasteiger partial charge in [0.1, 0.15) is 12.4 Å². The van der Waals surface area contributed by atoms with Crippen LogP contribution in [0, 0.1) is 0 Å². The van der Waals surface area contributed by atoms with E-state index in [-0.39, 0.29) is 23.3 Å². The third-order valence-corrected chi connectivity index (χ3v) is 2.82. The summed E-state index contributed by atoms with van der Waals surface area (Å²) in [5.74, 6) is -0.564. The van der Waals surface area contributed by atoms with E-state index in [2.05, 4.69) is 6.58 Å². The molecule has 0 amide bonds. The van der Waals surface area contributed by atoms with Crippen molar-refractivity contribution in [1.29, 1.82) is 0 Å². The first kappa shape index (κ1) is 12.0. The highest BCUT2D eigenvalue weighted by Crippen LogP contribution is 1.92. The van der Waals surface area contributed by atoms with E-state index in [1.54, 1.807) is 0 Å². The Bertz CT molecular complexity index is 202. The molecule has 0 fully saturated rings. The lowest BCUT2D eigenvalue weighted by molar-refractivity contribution is -0.137. The van der Waals surface area contributed by atoms with Crippen LogP contribution in [0.5, 0.6) is 0 Å². The molecule has 0 spiro atoms. The molecule has 0 heterocycles. The molecule has 0 saturated heterocycles. The number of esters is 1. The molecule has 0 aromatic rings. The normalized spacial score (nSPS) is 11.8. The van der Waals surface area contributed by atoms with Crippen molar-refractivity contribution in [3.8, 4) is 0 Å². The molecule has 0 radical (unpaired) electrons. The Kier molecular flexibility index (Phi) is 6.05. The Balaban J connectivity index is 3.47. The van der Waals surface area contributed by atoms with Gasteiger partial charge in [-0.2, -0.15) is 0 Å². The van der Waals surface area contributed by atoms with Crippen molar-refractivity contribution in [3.05, 3.63) is 12.7 Å². The Morgan fingerprint density at radius 3 is 2.69 bits per heavy atom. The summed E-state index contributed by atoms with van der Waals surface area (Å²) < 4.78 is 4.70. The Morgan fingerprint density at radius 2 is 2.23 bits per heavy atom. The van der Waals surface area contributed by atoms with E-state index in [0.717, 1.165) is 6.08 Å². The van der Waals surface area contributed by atoms with E-state index in [4.69, 9.17) is 9.84 Å². The molecule has 1 N–H and O–H groups in total. The highest BCUT2D eigenvalue weighted by atomic mass is 32.2. The summed E-state index contributed by atoms with van der Waals surface area (Å²) in [6.07, 6.45) is 2.92. The molecule has 0 aromatic carbocycles. The zero-order valence-corrected chi connectivity index (χ0v) is 8.30. The molecular formula is C8H13O4S+. The molecule has 0 aliphatic carbocycles. The summed E-state index contributed by atoms with van der Waals surface area (Å²) in [5, 5.41) is 8.42. The maximum atomic E-state index is 10.6. The predicted octanol–water partition coefficient (Wildman–Crippen LogP) is 0.0483. The van der Waals surface area contributed by atoms with Crippen LogP contribution in [0.1, 0.15) is 0 Å². The zero-order chi connectivity index (χ0) is 10.3. The third-order valence-electron chi connectivity index (χ3n) is 1.21. The average Bonchev–Trinajstić information content (AvgIpc) is 2.02. The van der Waals surface area contributed by atoms with Gasteiger partial charge < -0.3 is 9.84 Å². The second-order valence-corrected chi connectivity index (χ2v) is 4.66. The number of carbonyl (C=O) groups excluding carboxylic acids is 1. The average molecular weight is 205 g/mol. The van der Waals surface area contributed by atoms with Gasteiger partial charge in [-0.3, -0.25) is 0 Å². The summed E-state index contributed by atoms with van der Waals surface area (Å²) in [4.78, 5) is 20.8. The molecule has 0 saturated carbocycles. The van der Waals surface area contributed by atoms with Crippen LogP contribution in [0.15, 0.2) is 12.7 Å². The summed E-state index contributed by atoms with van der Waals surface area (Å²) in [5.41, 5.74) is 0. The quantitative estimate of drug-likeness (QED) is 0.378. The molecule has 0 rings (SSSR count). The van der Waals surface area contributed by atoms with Crippen LogP contribution >= 0.6 is 0 Å². The minimum absolute atomic E-state index is 0.131. The molecule has 5 heteroatoms. The highest BCUT2D eigenvalue weighted by Gasteiger charge is 2.16. The van der Waals surface area contributed by atoms with Crippen LogP contribution in [-0.2, 0) is 25.2 Å². The highest BCUT2D eigenvalue weighted by molar-refractivity contribution is 7.96. The van der Waals surface area contributed by atoms with Crippen LogP contribution in [-0.4, -0.2) is 41.4 Å². The lowest BCUT2D eigenvalue weighted by Crippen LogP contribution is -2.21. The number of carboxylic acids is 1. The Hall–Kier alpha value is -0.970. The van der Waals surface area contributed by atoms with Crippen molar-refractivity contribution in [2.75, 3.05) is 24.4 Å². The fraction of sp³-hybridized carbons (Fsp3) is 0.500. The monoisotopic (exact) mass is 205 g/mol. The first-order valence-electron chi connectivity index (χ1n) is 3.66. The SMILES string of the molecule is C=CC(=O)OCC[S+](C)CC(=O)O. The molecular weight excluding hydrogens is 192 g/mol. The van der Waals surface area contributed by atoms with E-state index in [0.29, 0.717) is 5.75 Å². The first-order valence-corrected chi connectivity index (χ1v) is 5.63. The summed E-state index contributed by atoms with van der Waals surface area (Å²) in [6.45, 7) is 3.50. The summed E-state index contributed by atoms with van der Waals surface area (Å²) >= 11 is 0. The Labute approximate surface area is 79.9 Å². The van der Waals surface area contributed by atoms with Gasteiger partial charge in [-0.05, 0) is 10.9 Å². The topological polar surface area (TPSA) is 63.6 Å². The van der Waals surface area contributed by atoms with Crippen molar-refractivity contribution in [3.63, 3.8) is 0 Å². The molecule has 0 aliphatic heterocycles. The molecule has 0 bridgehead atoms. The van der Waals surface area contributed by atoms with Gasteiger partial charge in [0.2, 0.25) is 5.75 Å². The fourth-order valence-corrected chi connectivity index (χ4v) is 1.56. The molecule has 1 atom stereocenters. The van der Waals surface area contributed by atoms with Crippen molar-refractivity contribution in [2.24, 2.45) is 0 Å². The van der Waals surface area contributed by atoms with Crippen molar-refractivity contribution >= 4 is 22.8 Å². The maximum absolute atomic E-state index is 10.6. The van der Waals surface area contributed by atoms with Gasteiger partial charge >= 0.3 is 11.9 Å². The molecule has 0 aliphatic rings. The number of hydrogen-bond donors (Lipinski definition) is 1. The second-order valence-electron chi connectivity index (χ2n) is 2.40. The first-order chi connectivity index (χ1) is 6.06. The predicted molar refractivity (Wildman–Crippen MR) is 51.8 cm³/mol. The lowest BCUT2D eigenvalue weighted by Gasteiger charge is -2.01. The van der Waals surface area contributed by atoms with Crippen LogP contribution in [0.4, 0.5) is 0 Å². The molecule has 1 unspecified atom stereocenters. The van der Waals surface area contributed by atoms with Crippen molar-refractivity contribution < 1.29 is 19.4 Å². The lowest BCUT2D eigenvalue weighted by atomic mass is 10.6. The smallest absolute Gasteiger partial charge is 0.353 e. The minimum Gasteiger partial charge on any atom is -0.478 e. The van der Waals surface area contributed by atoms with E-state index < -0.39 is 11.9 Å². The van der Waals surface area contributed by atoms with Gasteiger partial charge in [0.15, 0.2) is 0 Å². The third kappa shape index (κ3) is 7.39. The second kappa shape index (κ2) is 6.54. The van der Waals surface area contributed by atoms with E-state index in [1.165, 1.54) is 0 Å². The van der Waals surface area contributed by atoms with Crippen molar-refractivity contribution in [1.82, 2.24) is 0 Å². The standard InChI is InChI=1S/C8H12O4S/c1-3-8(11)12-4-5-13(2)6-7(9)10/h3H,1,4-6H2,2H3/p+1. The minimum atomic E-state index is -0.819. The van der Waals surface area contributed by atoms with Gasteiger partial charge in [-0.1, -0.05) is 6.58 Å². The van der Waals surface area contributed by atoms with E-state index in [1.807, 2.05) is 6.26 Å². The Morgan fingerprint density at radius 1 is 1.62 bits per heavy atom. The van der Waals surface area contributed by atoms with Crippen LogP contribution in [0.25, 0.3) is 0 Å². The van der Waals surface area contributed by atoms with E-state index >= 15 is 0 Å². The number of aliphatic carboxylic acids is 1. The van der Waals surface area contributed by atoms with Crippen LogP contribution < -0.4 is 0 Å². The zero-order valence-electron chi connectivity index (χ0n) is 7.49. The molecule has 0 aromatic heterocycles. The number of carboxylic acid groups (broad SMARTS) is 1. The summed E-state index contributed by atoms with van der Waals surface area (Å²) in [6, 6.07) is 0. The van der Waals surface area contributed by atoms with Gasteiger partial charge in [-0.25, -0.2) is 9.59 Å². The van der Waals surface area contributed by atoms with Gasteiger partial charge in [0, 0.05) is 6.08 Å². The van der Waals surface area contributed by atoms with Crippen LogP contribution in [0.3, 0.4) is 0 Å². The van der Waals surface area contributed by atoms with Gasteiger partial charge in [0.05, 0.1) is 6.26 Å². The van der Waals surface area contributed by atoms with Gasteiger partial charge in [-0.15, -0.1) is 0 Å². The number of rotatable bonds is 6. The molecule has 4 nitrogen and oxygen atoms in total. The number of hydrogen-bond acceptors (Lipinski definition) is 3. The number of carbonyl (C=O) groups is 2. The fourth-order valence-electron chi connectivity index (χ4n) is 0.626. The van der Waals surface area contributed by atoms with Crippen LogP contribution in [0.2, 0.25) is 0 Å².